The Labute approximate surface area is 80.1 Å². The van der Waals surface area contributed by atoms with Gasteiger partial charge in [0, 0.05) is 18.5 Å². The Bertz CT molecular complexity index is 168. The molecule has 0 aromatic carbocycles. The van der Waals surface area contributed by atoms with Gasteiger partial charge in [0.1, 0.15) is 0 Å². The van der Waals surface area contributed by atoms with Crippen molar-refractivity contribution in [2.75, 3.05) is 13.1 Å². The van der Waals surface area contributed by atoms with Gasteiger partial charge in [-0.2, -0.15) is 0 Å². The van der Waals surface area contributed by atoms with Crippen LogP contribution in [0.1, 0.15) is 26.7 Å². The third-order valence-corrected chi connectivity index (χ3v) is 2.92. The molecular weight excluding hydrogens is 168 g/mol. The molecule has 0 aliphatic carbocycles. The summed E-state index contributed by atoms with van der Waals surface area (Å²) in [6, 6.07) is 0.627. The molecule has 0 bridgehead atoms. The fourth-order valence-electron chi connectivity index (χ4n) is 1.71. The van der Waals surface area contributed by atoms with Crippen molar-refractivity contribution >= 4 is 17.2 Å². The van der Waals surface area contributed by atoms with E-state index < -0.39 is 0 Å². The largest absolute Gasteiger partial charge is 0.393 e. The molecule has 3 heteroatoms. The maximum Gasteiger partial charge on any atom is 0.0771 e. The number of thiocarbonyl (C=S) groups is 1. The number of hydrogen-bond donors (Lipinski definition) is 1. The van der Waals surface area contributed by atoms with Crippen LogP contribution in [0.4, 0.5) is 0 Å². The molecule has 12 heavy (non-hydrogen) atoms. The molecule has 1 aliphatic heterocycles. The molecule has 1 aliphatic rings. The Kier molecular flexibility index (Phi) is 3.47. The topological polar surface area (TPSA) is 29.3 Å². The van der Waals surface area contributed by atoms with Gasteiger partial charge in [-0.1, -0.05) is 12.2 Å². The van der Waals surface area contributed by atoms with Crippen LogP contribution in [0.5, 0.6) is 0 Å². The second-order valence-electron chi connectivity index (χ2n) is 3.83. The second kappa shape index (κ2) is 4.19. The van der Waals surface area contributed by atoms with Crippen LogP contribution >= 0.6 is 12.2 Å². The second-order valence-corrected chi connectivity index (χ2v) is 4.30. The minimum Gasteiger partial charge on any atom is -0.393 e. The van der Waals surface area contributed by atoms with Crippen molar-refractivity contribution in [2.24, 2.45) is 11.7 Å². The van der Waals surface area contributed by atoms with Gasteiger partial charge in [0.2, 0.25) is 0 Å². The summed E-state index contributed by atoms with van der Waals surface area (Å²) >= 11 is 5.01. The summed E-state index contributed by atoms with van der Waals surface area (Å²) in [7, 11) is 0. The van der Waals surface area contributed by atoms with Crippen molar-refractivity contribution < 1.29 is 0 Å². The molecule has 70 valence electrons. The van der Waals surface area contributed by atoms with Gasteiger partial charge in [0.25, 0.3) is 0 Å². The van der Waals surface area contributed by atoms with Gasteiger partial charge in [-0.15, -0.1) is 0 Å². The lowest BCUT2D eigenvalue weighted by Gasteiger charge is -2.34. The Hall–Kier alpha value is -0.150. The van der Waals surface area contributed by atoms with Gasteiger partial charge in [0.05, 0.1) is 4.99 Å². The summed E-state index contributed by atoms with van der Waals surface area (Å²) in [5.74, 6) is 0.455. The number of rotatable bonds is 2. The number of likely N-dealkylation sites (tertiary alicyclic amines) is 1. The average Bonchev–Trinajstić information content (AvgIpc) is 2.04. The highest BCUT2D eigenvalue weighted by Crippen LogP contribution is 2.18. The van der Waals surface area contributed by atoms with Crippen LogP contribution in [0.2, 0.25) is 0 Å². The first kappa shape index (κ1) is 9.93. The van der Waals surface area contributed by atoms with E-state index >= 15 is 0 Å². The highest BCUT2D eigenvalue weighted by atomic mass is 32.1. The van der Waals surface area contributed by atoms with Gasteiger partial charge in [-0.25, -0.2) is 0 Å². The van der Waals surface area contributed by atoms with E-state index in [2.05, 4.69) is 18.7 Å². The normalized spacial score (nSPS) is 26.1. The van der Waals surface area contributed by atoms with Crippen molar-refractivity contribution in [3.05, 3.63) is 0 Å². The molecule has 1 saturated heterocycles. The summed E-state index contributed by atoms with van der Waals surface area (Å²) < 4.78 is 0. The third-order valence-electron chi connectivity index (χ3n) is 2.59. The lowest BCUT2D eigenvalue weighted by molar-refractivity contribution is 0.165. The molecule has 0 aromatic rings. The quantitative estimate of drug-likeness (QED) is 0.661. The van der Waals surface area contributed by atoms with Crippen LogP contribution in [-0.2, 0) is 0 Å². The predicted molar refractivity (Wildman–Crippen MR) is 56.2 cm³/mol. The molecule has 0 amide bonds. The summed E-state index contributed by atoms with van der Waals surface area (Å²) in [5, 5.41) is 0. The van der Waals surface area contributed by atoms with Crippen molar-refractivity contribution in [3.8, 4) is 0 Å². The summed E-state index contributed by atoms with van der Waals surface area (Å²) in [6.45, 7) is 6.72. The van der Waals surface area contributed by atoms with E-state index in [9.17, 15) is 0 Å². The maximum absolute atomic E-state index is 5.63. The van der Waals surface area contributed by atoms with Crippen LogP contribution < -0.4 is 5.73 Å². The molecule has 1 rings (SSSR count). The first-order chi connectivity index (χ1) is 5.61. The average molecular weight is 186 g/mol. The molecule has 2 N–H and O–H groups in total. The SMILES string of the molecule is CC(C)N1CCCC(C(N)=S)C1. The van der Waals surface area contributed by atoms with Gasteiger partial charge in [-0.3, -0.25) is 0 Å². The van der Waals surface area contributed by atoms with Crippen LogP contribution in [0, 0.1) is 5.92 Å². The molecule has 0 spiro atoms. The molecule has 0 saturated carbocycles. The molecule has 1 unspecified atom stereocenters. The predicted octanol–water partition coefficient (Wildman–Crippen LogP) is 1.39. The van der Waals surface area contributed by atoms with Gasteiger partial charge >= 0.3 is 0 Å². The molecule has 1 atom stereocenters. The third kappa shape index (κ3) is 2.42. The summed E-state index contributed by atoms with van der Waals surface area (Å²) in [4.78, 5) is 3.15. The molecule has 1 fully saturated rings. The highest BCUT2D eigenvalue weighted by molar-refractivity contribution is 7.80. The zero-order valence-electron chi connectivity index (χ0n) is 7.92. The van der Waals surface area contributed by atoms with Crippen molar-refractivity contribution in [1.29, 1.82) is 0 Å². The van der Waals surface area contributed by atoms with E-state index in [1.165, 1.54) is 19.4 Å². The molecule has 0 radical (unpaired) electrons. The first-order valence-corrected chi connectivity index (χ1v) is 5.05. The van der Waals surface area contributed by atoms with Crippen molar-refractivity contribution in [3.63, 3.8) is 0 Å². The molecular formula is C9H18N2S. The van der Waals surface area contributed by atoms with E-state index in [0.717, 1.165) is 6.54 Å². The summed E-state index contributed by atoms with van der Waals surface area (Å²) in [5.41, 5.74) is 5.63. The maximum atomic E-state index is 5.63. The smallest absolute Gasteiger partial charge is 0.0771 e. The molecule has 1 heterocycles. The van der Waals surface area contributed by atoms with Gasteiger partial charge in [-0.05, 0) is 33.2 Å². The Morgan fingerprint density at radius 3 is 2.75 bits per heavy atom. The van der Waals surface area contributed by atoms with E-state index in [0.29, 0.717) is 16.9 Å². The Balaban J connectivity index is 2.46. The zero-order chi connectivity index (χ0) is 9.14. The van der Waals surface area contributed by atoms with Crippen LogP contribution in [0.15, 0.2) is 0 Å². The summed E-state index contributed by atoms with van der Waals surface area (Å²) in [6.07, 6.45) is 2.42. The minimum absolute atomic E-state index is 0.455. The minimum atomic E-state index is 0.455. The molecule has 0 aromatic heterocycles. The van der Waals surface area contributed by atoms with Crippen LogP contribution in [0.3, 0.4) is 0 Å². The van der Waals surface area contributed by atoms with Crippen LogP contribution in [-0.4, -0.2) is 29.0 Å². The van der Waals surface area contributed by atoms with Gasteiger partial charge in [0.15, 0.2) is 0 Å². The monoisotopic (exact) mass is 186 g/mol. The van der Waals surface area contributed by atoms with Crippen LogP contribution in [0.25, 0.3) is 0 Å². The standard InChI is InChI=1S/C9H18N2S/c1-7(2)11-5-3-4-8(6-11)9(10)12/h7-8H,3-6H2,1-2H3,(H2,10,12). The van der Waals surface area contributed by atoms with Crippen molar-refractivity contribution in [1.82, 2.24) is 4.90 Å². The van der Waals surface area contributed by atoms with E-state index in [-0.39, 0.29) is 0 Å². The number of nitrogens with two attached hydrogens (primary N) is 1. The number of nitrogens with zero attached hydrogens (tertiary/aromatic N) is 1. The zero-order valence-corrected chi connectivity index (χ0v) is 8.73. The lowest BCUT2D eigenvalue weighted by Crippen LogP contribution is -2.43. The number of hydrogen-bond acceptors (Lipinski definition) is 2. The van der Waals surface area contributed by atoms with E-state index in [1.54, 1.807) is 0 Å². The van der Waals surface area contributed by atoms with E-state index in [1.807, 2.05) is 0 Å². The fraction of sp³-hybridized carbons (Fsp3) is 0.889. The van der Waals surface area contributed by atoms with Gasteiger partial charge < -0.3 is 10.6 Å². The number of piperidine rings is 1. The highest BCUT2D eigenvalue weighted by Gasteiger charge is 2.22. The van der Waals surface area contributed by atoms with E-state index in [4.69, 9.17) is 18.0 Å². The Morgan fingerprint density at radius 1 is 1.58 bits per heavy atom. The first-order valence-electron chi connectivity index (χ1n) is 4.64. The Morgan fingerprint density at radius 2 is 2.25 bits per heavy atom. The molecule has 2 nitrogen and oxygen atoms in total. The van der Waals surface area contributed by atoms with Crippen molar-refractivity contribution in [2.45, 2.75) is 32.7 Å². The lowest BCUT2D eigenvalue weighted by atomic mass is 9.97. The fourth-order valence-corrected chi connectivity index (χ4v) is 1.90.